The second-order valence-corrected chi connectivity index (χ2v) is 12.9. The molecule has 34 heavy (non-hydrogen) atoms. The fourth-order valence-corrected chi connectivity index (χ4v) is 7.66. The molecule has 0 radical (unpaired) electrons. The molecule has 1 aromatic heterocycles. The third-order valence-corrected chi connectivity index (χ3v) is 10.9. The normalized spacial score (nSPS) is 14.0. The number of halogens is 9. The van der Waals surface area contributed by atoms with E-state index < -0.39 is 50.0 Å². The number of pyridine rings is 1. The van der Waals surface area contributed by atoms with Gasteiger partial charge in [0.2, 0.25) is 0 Å². The number of unbranched alkanes of at least 4 members (excludes halogenated alkanes) is 1. The van der Waals surface area contributed by atoms with Gasteiger partial charge in [0.1, 0.15) is 6.54 Å². The van der Waals surface area contributed by atoms with E-state index >= 15 is 0 Å². The fourth-order valence-electron chi connectivity index (χ4n) is 1.93. The molecule has 200 valence electrons. The van der Waals surface area contributed by atoms with Crippen LogP contribution in [0.25, 0.3) is 0 Å². The van der Waals surface area contributed by atoms with Crippen molar-refractivity contribution in [3.8, 4) is 0 Å². The van der Waals surface area contributed by atoms with Crippen LogP contribution in [-0.2, 0) is 36.1 Å². The maximum atomic E-state index is 12.0. The number of rotatable bonds is 6. The molecule has 0 aliphatic carbocycles. The highest BCUT2D eigenvalue weighted by Gasteiger charge is 2.63. The minimum atomic E-state index is -8.02. The summed E-state index contributed by atoms with van der Waals surface area (Å²) in [5.74, 6) is 0. The van der Waals surface area contributed by atoms with Crippen molar-refractivity contribution in [1.29, 1.82) is 0 Å². The summed E-state index contributed by atoms with van der Waals surface area (Å²) in [5, 5.41) is 0. The van der Waals surface area contributed by atoms with E-state index in [-0.39, 0.29) is 0 Å². The van der Waals surface area contributed by atoms with Crippen LogP contribution in [-0.4, -0.2) is 41.8 Å². The van der Waals surface area contributed by atoms with Gasteiger partial charge in [0.15, 0.2) is 41.9 Å². The van der Waals surface area contributed by atoms with Crippen molar-refractivity contribution in [1.82, 2.24) is 0 Å². The molecule has 0 N–H and O–H groups in total. The summed E-state index contributed by atoms with van der Waals surface area (Å²) in [6.07, 6.45) is 6.93. The van der Waals surface area contributed by atoms with E-state index in [4.69, 9.17) is 0 Å². The van der Waals surface area contributed by atoms with Gasteiger partial charge < -0.3 is 0 Å². The first-order valence-electron chi connectivity index (χ1n) is 8.63. The van der Waals surface area contributed by atoms with E-state index in [0.717, 1.165) is 6.54 Å². The SMILES string of the molecule is CCCC[n+]1ccc(C)c(C)c1.O=S(=O)([C-](S(=O)(=O)C(F)(F)F)S(=O)(=O)C(F)(F)F)C(F)(F)F. The lowest BCUT2D eigenvalue weighted by molar-refractivity contribution is -0.697. The number of aromatic nitrogens is 1. The van der Waals surface area contributed by atoms with Gasteiger partial charge in [-0.15, -0.1) is 0 Å². The third-order valence-electron chi connectivity index (χ3n) is 3.84. The number of sulfone groups is 3. The van der Waals surface area contributed by atoms with E-state index in [9.17, 15) is 64.8 Å². The quantitative estimate of drug-likeness (QED) is 0.292. The van der Waals surface area contributed by atoms with Gasteiger partial charge >= 0.3 is 16.5 Å². The lowest BCUT2D eigenvalue weighted by Gasteiger charge is -2.31. The molecule has 0 spiro atoms. The topological polar surface area (TPSA) is 106 Å². The van der Waals surface area contributed by atoms with E-state index in [1.165, 1.54) is 24.0 Å². The second kappa shape index (κ2) is 10.5. The summed E-state index contributed by atoms with van der Waals surface area (Å²) >= 11 is 0. The van der Waals surface area contributed by atoms with Crippen LogP contribution in [0.1, 0.15) is 30.9 Å². The molecule has 19 heteroatoms. The molecule has 0 aromatic carbocycles. The standard InChI is InChI=1S/C11H18N.C4F9O6S3/c1-4-5-7-12-8-6-10(2)11(3)9-12;5-2(6,7)20(14,15)1(21(16,17)3(8,9)10)22(18,19)4(11,12)13/h6,8-9H,4-5,7H2,1-3H3;/q+1;-1. The highest BCUT2D eigenvalue weighted by atomic mass is 32.3. The largest absolute Gasteiger partial charge is 0.470 e. The van der Waals surface area contributed by atoms with Gasteiger partial charge in [-0.3, -0.25) is 25.3 Å². The van der Waals surface area contributed by atoms with Crippen LogP contribution in [0.5, 0.6) is 0 Å². The molecule has 0 fully saturated rings. The van der Waals surface area contributed by atoms with Gasteiger partial charge in [-0.2, -0.15) is 39.5 Å². The van der Waals surface area contributed by atoms with Gasteiger partial charge in [-0.25, -0.2) is 4.57 Å². The number of hydrogen-bond acceptors (Lipinski definition) is 6. The summed E-state index contributed by atoms with van der Waals surface area (Å²) in [6, 6.07) is 2.19. The molecule has 0 aliphatic rings. The van der Waals surface area contributed by atoms with E-state index in [0.29, 0.717) is 0 Å². The smallest absolute Gasteiger partial charge is 0.251 e. The molecule has 0 bridgehead atoms. The Balaban J connectivity index is 0.000000757. The van der Waals surface area contributed by atoms with E-state index in [1.54, 1.807) is 0 Å². The van der Waals surface area contributed by atoms with Crippen molar-refractivity contribution in [3.05, 3.63) is 33.5 Å². The monoisotopic (exact) mass is 575 g/mol. The minimum Gasteiger partial charge on any atom is -0.251 e. The molecule has 0 saturated heterocycles. The lowest BCUT2D eigenvalue weighted by atomic mass is 10.2. The Morgan fingerprint density at radius 3 is 1.35 bits per heavy atom. The number of hydrogen-bond donors (Lipinski definition) is 0. The molecule has 0 aliphatic heterocycles. The van der Waals surface area contributed by atoms with Gasteiger partial charge in [-0.1, -0.05) is 13.3 Å². The minimum absolute atomic E-state index is 1.15. The molecule has 1 aromatic rings. The average Bonchev–Trinajstić information content (AvgIpc) is 2.59. The molecule has 0 amide bonds. The highest BCUT2D eigenvalue weighted by Crippen LogP contribution is 2.47. The molecular weight excluding hydrogens is 557 g/mol. The van der Waals surface area contributed by atoms with Crippen LogP contribution in [0, 0.1) is 17.8 Å². The van der Waals surface area contributed by atoms with Gasteiger partial charge in [-0.05, 0) is 19.4 Å². The fraction of sp³-hybridized carbons (Fsp3) is 0.600. The predicted octanol–water partition coefficient (Wildman–Crippen LogP) is 3.63. The number of alkyl halides is 9. The Bertz CT molecular complexity index is 1060. The van der Waals surface area contributed by atoms with Crippen molar-refractivity contribution >= 4 is 29.5 Å². The average molecular weight is 575 g/mol. The summed E-state index contributed by atoms with van der Waals surface area (Å²) in [4.78, 5) is 0. The number of nitrogens with zero attached hydrogens (tertiary/aromatic N) is 1. The lowest BCUT2D eigenvalue weighted by Crippen LogP contribution is -2.47. The highest BCUT2D eigenvalue weighted by molar-refractivity contribution is 8.29. The summed E-state index contributed by atoms with van der Waals surface area (Å²) < 4.78 is 170. The number of aryl methyl sites for hydroxylation is 3. The van der Waals surface area contributed by atoms with Crippen LogP contribution >= 0.6 is 0 Å². The van der Waals surface area contributed by atoms with Crippen LogP contribution in [0.15, 0.2) is 18.5 Å². The molecule has 0 saturated carbocycles. The van der Waals surface area contributed by atoms with Crippen molar-refractivity contribution in [3.63, 3.8) is 0 Å². The Morgan fingerprint density at radius 1 is 0.735 bits per heavy atom. The van der Waals surface area contributed by atoms with Gasteiger partial charge in [0, 0.05) is 18.1 Å². The second-order valence-electron chi connectivity index (χ2n) is 6.50. The van der Waals surface area contributed by atoms with Crippen LogP contribution in [0.3, 0.4) is 0 Å². The maximum absolute atomic E-state index is 12.0. The zero-order valence-corrected chi connectivity index (χ0v) is 19.8. The summed E-state index contributed by atoms with van der Waals surface area (Å²) in [7, 11) is -24.1. The molecule has 0 unspecified atom stereocenters. The van der Waals surface area contributed by atoms with Crippen molar-refractivity contribution < 1.29 is 69.3 Å². The molecule has 0 atom stereocenters. The van der Waals surface area contributed by atoms with Gasteiger partial charge in [0.05, 0.1) is 3.91 Å². The Morgan fingerprint density at radius 2 is 1.09 bits per heavy atom. The first-order valence-corrected chi connectivity index (χ1v) is 13.1. The van der Waals surface area contributed by atoms with Crippen molar-refractivity contribution in [2.45, 2.75) is 56.7 Å². The van der Waals surface area contributed by atoms with Crippen LogP contribution in [0.4, 0.5) is 39.5 Å². The van der Waals surface area contributed by atoms with Crippen LogP contribution < -0.4 is 4.57 Å². The Labute approximate surface area is 189 Å². The van der Waals surface area contributed by atoms with E-state index in [1.807, 2.05) is 0 Å². The first-order chi connectivity index (χ1) is 14.9. The molecular formula is C15H18F9NO6S3. The molecule has 1 heterocycles. The summed E-state index contributed by atoms with van der Waals surface area (Å²) in [6.45, 7) is 7.69. The predicted molar refractivity (Wildman–Crippen MR) is 99.2 cm³/mol. The molecule has 1 rings (SSSR count). The van der Waals surface area contributed by atoms with Crippen LogP contribution in [0.2, 0.25) is 0 Å². The van der Waals surface area contributed by atoms with E-state index in [2.05, 4.69) is 43.8 Å². The zero-order valence-electron chi connectivity index (χ0n) is 17.4. The Kier molecular flexibility index (Phi) is 10.0. The Hall–Kier alpha value is -1.63. The third kappa shape index (κ3) is 7.19. The van der Waals surface area contributed by atoms with Gasteiger partial charge in [0.25, 0.3) is 0 Å². The van der Waals surface area contributed by atoms with Crippen molar-refractivity contribution in [2.24, 2.45) is 0 Å². The maximum Gasteiger partial charge on any atom is 0.470 e. The molecule has 7 nitrogen and oxygen atoms in total. The zero-order chi connectivity index (χ0) is 27.6. The summed E-state index contributed by atoms with van der Waals surface area (Å²) in [5.41, 5.74) is -18.4. The first kappa shape index (κ1) is 32.4. The van der Waals surface area contributed by atoms with Crippen molar-refractivity contribution in [2.75, 3.05) is 0 Å².